The highest BCUT2D eigenvalue weighted by Gasteiger charge is 2.13. The van der Waals surface area contributed by atoms with Crippen LogP contribution in [0.3, 0.4) is 0 Å². The van der Waals surface area contributed by atoms with E-state index in [4.69, 9.17) is 14.2 Å². The molecule has 1 N–H and O–H groups in total. The van der Waals surface area contributed by atoms with Crippen molar-refractivity contribution in [3.8, 4) is 11.5 Å². The van der Waals surface area contributed by atoms with E-state index in [-0.39, 0.29) is 0 Å². The first-order chi connectivity index (χ1) is 15.7. The molecule has 0 amide bonds. The van der Waals surface area contributed by atoms with Gasteiger partial charge in [-0.3, -0.25) is 0 Å². The molecule has 3 aromatic carbocycles. The predicted octanol–water partition coefficient (Wildman–Crippen LogP) is 6.22. The SMILES string of the molecule is CCC(Cc1ccc(OC)cc1)=C(c1ccc(NCCOC)cc1)c1ccc(OC)cc1. The zero-order valence-electron chi connectivity index (χ0n) is 19.5. The van der Waals surface area contributed by atoms with Gasteiger partial charge in [-0.1, -0.05) is 48.9 Å². The van der Waals surface area contributed by atoms with Gasteiger partial charge < -0.3 is 19.5 Å². The van der Waals surface area contributed by atoms with Crippen LogP contribution in [-0.4, -0.2) is 34.5 Å². The maximum Gasteiger partial charge on any atom is 0.118 e. The van der Waals surface area contributed by atoms with E-state index in [1.165, 1.54) is 27.8 Å². The Kier molecular flexibility index (Phi) is 8.76. The fourth-order valence-electron chi connectivity index (χ4n) is 3.76. The van der Waals surface area contributed by atoms with Gasteiger partial charge in [0, 0.05) is 19.3 Å². The summed E-state index contributed by atoms with van der Waals surface area (Å²) in [6.45, 7) is 3.69. The van der Waals surface area contributed by atoms with Gasteiger partial charge in [0.1, 0.15) is 11.5 Å². The summed E-state index contributed by atoms with van der Waals surface area (Å²) < 4.78 is 15.8. The molecule has 0 heterocycles. The molecule has 0 unspecified atom stereocenters. The number of anilines is 1. The molecular formula is C28H33NO3. The van der Waals surface area contributed by atoms with Gasteiger partial charge in [-0.25, -0.2) is 0 Å². The summed E-state index contributed by atoms with van der Waals surface area (Å²) >= 11 is 0. The zero-order valence-corrected chi connectivity index (χ0v) is 19.5. The van der Waals surface area contributed by atoms with E-state index in [1.807, 2.05) is 24.3 Å². The number of rotatable bonds is 11. The topological polar surface area (TPSA) is 39.7 Å². The second kappa shape index (κ2) is 12.0. The highest BCUT2D eigenvalue weighted by Crippen LogP contribution is 2.32. The Hall–Kier alpha value is -3.24. The largest absolute Gasteiger partial charge is 0.497 e. The first-order valence-electron chi connectivity index (χ1n) is 11.0. The van der Waals surface area contributed by atoms with Crippen LogP contribution in [0.5, 0.6) is 11.5 Å². The predicted molar refractivity (Wildman–Crippen MR) is 133 cm³/mol. The van der Waals surface area contributed by atoms with Gasteiger partial charge in [0.2, 0.25) is 0 Å². The van der Waals surface area contributed by atoms with Crippen LogP contribution in [0.25, 0.3) is 5.57 Å². The van der Waals surface area contributed by atoms with Gasteiger partial charge in [-0.05, 0) is 71.5 Å². The van der Waals surface area contributed by atoms with Gasteiger partial charge in [0.15, 0.2) is 0 Å². The molecule has 0 saturated carbocycles. The maximum atomic E-state index is 5.37. The fourth-order valence-corrected chi connectivity index (χ4v) is 3.76. The Bertz CT molecular complexity index is 990. The van der Waals surface area contributed by atoms with Crippen LogP contribution >= 0.6 is 0 Å². The number of ether oxygens (including phenoxy) is 3. The van der Waals surface area contributed by atoms with Crippen molar-refractivity contribution in [2.45, 2.75) is 19.8 Å². The monoisotopic (exact) mass is 431 g/mol. The molecule has 0 saturated heterocycles. The van der Waals surface area contributed by atoms with Crippen LogP contribution in [0.2, 0.25) is 0 Å². The van der Waals surface area contributed by atoms with Crippen molar-refractivity contribution >= 4 is 11.3 Å². The van der Waals surface area contributed by atoms with Crippen LogP contribution in [0.15, 0.2) is 78.4 Å². The number of benzene rings is 3. The van der Waals surface area contributed by atoms with E-state index in [2.05, 4.69) is 60.8 Å². The minimum Gasteiger partial charge on any atom is -0.497 e. The van der Waals surface area contributed by atoms with Crippen molar-refractivity contribution in [2.75, 3.05) is 39.8 Å². The minimum atomic E-state index is 0.681. The number of nitrogens with one attached hydrogen (secondary N) is 1. The van der Waals surface area contributed by atoms with Crippen LogP contribution < -0.4 is 14.8 Å². The molecule has 4 nitrogen and oxygen atoms in total. The van der Waals surface area contributed by atoms with E-state index in [9.17, 15) is 0 Å². The summed E-state index contributed by atoms with van der Waals surface area (Å²) in [5.74, 6) is 1.74. The Labute approximate surface area is 191 Å². The summed E-state index contributed by atoms with van der Waals surface area (Å²) in [4.78, 5) is 0. The van der Waals surface area contributed by atoms with Crippen LogP contribution in [0.1, 0.15) is 30.0 Å². The average Bonchev–Trinajstić information content (AvgIpc) is 2.85. The highest BCUT2D eigenvalue weighted by molar-refractivity contribution is 5.83. The van der Waals surface area contributed by atoms with Crippen LogP contribution in [-0.2, 0) is 11.2 Å². The normalized spacial score (nSPS) is 11.6. The van der Waals surface area contributed by atoms with E-state index in [0.717, 1.165) is 36.6 Å². The summed E-state index contributed by atoms with van der Waals surface area (Å²) in [6.07, 6.45) is 1.84. The van der Waals surface area contributed by atoms with Crippen molar-refractivity contribution in [3.63, 3.8) is 0 Å². The second-order valence-corrected chi connectivity index (χ2v) is 7.58. The van der Waals surface area contributed by atoms with Gasteiger partial charge in [0.05, 0.1) is 20.8 Å². The molecule has 3 aromatic rings. The smallest absolute Gasteiger partial charge is 0.118 e. The molecule has 0 aromatic heterocycles. The molecule has 0 aliphatic carbocycles. The molecule has 0 spiro atoms. The quantitative estimate of drug-likeness (QED) is 0.366. The minimum absolute atomic E-state index is 0.681. The van der Waals surface area contributed by atoms with E-state index < -0.39 is 0 Å². The van der Waals surface area contributed by atoms with E-state index in [0.29, 0.717) is 6.61 Å². The number of hydrogen-bond donors (Lipinski definition) is 1. The molecule has 4 heteroatoms. The first-order valence-corrected chi connectivity index (χ1v) is 11.0. The molecule has 0 aliphatic rings. The lowest BCUT2D eigenvalue weighted by molar-refractivity contribution is 0.211. The average molecular weight is 432 g/mol. The van der Waals surface area contributed by atoms with Crippen LogP contribution in [0.4, 0.5) is 5.69 Å². The van der Waals surface area contributed by atoms with E-state index >= 15 is 0 Å². The lowest BCUT2D eigenvalue weighted by atomic mass is 9.88. The molecule has 0 radical (unpaired) electrons. The molecule has 0 atom stereocenters. The molecule has 3 rings (SSSR count). The van der Waals surface area contributed by atoms with Crippen molar-refractivity contribution in [2.24, 2.45) is 0 Å². The molecule has 32 heavy (non-hydrogen) atoms. The third-order valence-corrected chi connectivity index (χ3v) is 5.54. The molecular weight excluding hydrogens is 398 g/mol. The molecule has 0 aliphatic heterocycles. The zero-order chi connectivity index (χ0) is 22.8. The summed E-state index contributed by atoms with van der Waals surface area (Å²) in [5, 5.41) is 3.39. The summed E-state index contributed by atoms with van der Waals surface area (Å²) in [6, 6.07) is 25.3. The fraction of sp³-hybridized carbons (Fsp3) is 0.286. The first kappa shape index (κ1) is 23.4. The van der Waals surface area contributed by atoms with Gasteiger partial charge in [-0.15, -0.1) is 0 Å². The Morgan fingerprint density at radius 1 is 0.719 bits per heavy atom. The highest BCUT2D eigenvalue weighted by atomic mass is 16.5. The third-order valence-electron chi connectivity index (χ3n) is 5.54. The molecule has 0 bridgehead atoms. The van der Waals surface area contributed by atoms with Gasteiger partial charge in [0.25, 0.3) is 0 Å². The Morgan fingerprint density at radius 3 is 1.75 bits per heavy atom. The van der Waals surface area contributed by atoms with Gasteiger partial charge in [-0.2, -0.15) is 0 Å². The van der Waals surface area contributed by atoms with E-state index in [1.54, 1.807) is 21.3 Å². The maximum absolute atomic E-state index is 5.37. The van der Waals surface area contributed by atoms with Crippen molar-refractivity contribution < 1.29 is 14.2 Å². The van der Waals surface area contributed by atoms with Crippen molar-refractivity contribution in [3.05, 3.63) is 95.1 Å². The second-order valence-electron chi connectivity index (χ2n) is 7.58. The lowest BCUT2D eigenvalue weighted by Gasteiger charge is -2.17. The van der Waals surface area contributed by atoms with Crippen molar-refractivity contribution in [1.29, 1.82) is 0 Å². The summed E-state index contributed by atoms with van der Waals surface area (Å²) in [7, 11) is 5.11. The van der Waals surface area contributed by atoms with Crippen LogP contribution in [0, 0.1) is 0 Å². The van der Waals surface area contributed by atoms with Gasteiger partial charge >= 0.3 is 0 Å². The number of hydrogen-bond acceptors (Lipinski definition) is 4. The number of allylic oxidation sites excluding steroid dienone is 1. The third kappa shape index (κ3) is 6.14. The molecule has 168 valence electrons. The summed E-state index contributed by atoms with van der Waals surface area (Å²) in [5.41, 5.74) is 7.42. The number of methoxy groups -OCH3 is 3. The standard InChI is InChI=1S/C28H33NO3/c1-5-22(20-21-6-14-26(31-3)15-7-21)28(24-10-16-27(32-4)17-11-24)23-8-12-25(13-9-23)29-18-19-30-2/h6-17,29H,5,18-20H2,1-4H3. The molecule has 0 fully saturated rings. The Balaban J connectivity index is 1.99. The van der Waals surface area contributed by atoms with Crippen molar-refractivity contribution in [1.82, 2.24) is 0 Å². The lowest BCUT2D eigenvalue weighted by Crippen LogP contribution is -2.07. The Morgan fingerprint density at radius 2 is 1.25 bits per heavy atom.